The molecule has 3 nitrogen and oxygen atoms in total. The number of aryl methyl sites for hydroxylation is 1. The number of halogens is 1. The van der Waals surface area contributed by atoms with Crippen LogP contribution < -0.4 is 0 Å². The summed E-state index contributed by atoms with van der Waals surface area (Å²) in [5.74, 6) is -0.610. The molecule has 108 valence electrons. The quantitative estimate of drug-likeness (QED) is 0.603. The molecule has 0 unspecified atom stereocenters. The lowest BCUT2D eigenvalue weighted by molar-refractivity contribution is -0.142. The molecule has 0 atom stereocenters. The van der Waals surface area contributed by atoms with Gasteiger partial charge in [-0.05, 0) is 36.2 Å². The first-order valence-corrected chi connectivity index (χ1v) is 7.01. The van der Waals surface area contributed by atoms with E-state index in [0.717, 1.165) is 5.56 Å². The summed E-state index contributed by atoms with van der Waals surface area (Å²) in [5, 5.41) is 0.561. The predicted octanol–water partition coefficient (Wildman–Crippen LogP) is 3.70. The first-order chi connectivity index (χ1) is 10.1. The average Bonchev–Trinajstić information content (AvgIpc) is 2.52. The molecule has 4 heteroatoms. The summed E-state index contributed by atoms with van der Waals surface area (Å²) in [6.07, 6.45) is 0.868. The predicted molar refractivity (Wildman–Crippen MR) is 81.5 cm³/mol. The summed E-state index contributed by atoms with van der Waals surface area (Å²) >= 11 is 5.75. The van der Waals surface area contributed by atoms with Crippen LogP contribution in [0.5, 0.6) is 0 Å². The molecule has 21 heavy (non-hydrogen) atoms. The van der Waals surface area contributed by atoms with Crippen LogP contribution in [0, 0.1) is 0 Å². The van der Waals surface area contributed by atoms with Crippen molar-refractivity contribution < 1.29 is 14.3 Å². The molecule has 0 heterocycles. The van der Waals surface area contributed by atoms with Crippen molar-refractivity contribution in [1.82, 2.24) is 0 Å². The van der Waals surface area contributed by atoms with Crippen LogP contribution in [0.15, 0.2) is 54.6 Å². The third kappa shape index (κ3) is 5.04. The Hall–Kier alpha value is -2.13. The molecule has 2 rings (SSSR count). The number of esters is 1. The van der Waals surface area contributed by atoms with Crippen molar-refractivity contribution in [2.24, 2.45) is 0 Å². The third-order valence-electron chi connectivity index (χ3n) is 2.99. The number of rotatable bonds is 6. The molecule has 2 aromatic carbocycles. The van der Waals surface area contributed by atoms with Gasteiger partial charge in [0.15, 0.2) is 12.4 Å². The van der Waals surface area contributed by atoms with Gasteiger partial charge in [0.25, 0.3) is 0 Å². The van der Waals surface area contributed by atoms with Crippen LogP contribution >= 0.6 is 11.6 Å². The zero-order chi connectivity index (χ0) is 15.1. The van der Waals surface area contributed by atoms with E-state index in [2.05, 4.69) is 0 Å². The molecule has 0 saturated heterocycles. The van der Waals surface area contributed by atoms with Crippen molar-refractivity contribution in [3.05, 3.63) is 70.7 Å². The van der Waals surface area contributed by atoms with Crippen molar-refractivity contribution in [2.75, 3.05) is 6.61 Å². The molecular weight excluding hydrogens is 288 g/mol. The Kier molecular flexibility index (Phi) is 5.52. The second kappa shape index (κ2) is 7.60. The van der Waals surface area contributed by atoms with Crippen molar-refractivity contribution in [3.8, 4) is 0 Å². The molecular formula is C17H15ClO3. The second-order valence-corrected chi connectivity index (χ2v) is 5.01. The maximum absolute atomic E-state index is 11.8. The highest BCUT2D eigenvalue weighted by atomic mass is 35.5. The molecule has 0 bridgehead atoms. The summed E-state index contributed by atoms with van der Waals surface area (Å²) < 4.78 is 4.99. The van der Waals surface area contributed by atoms with Crippen molar-refractivity contribution >= 4 is 23.4 Å². The minimum Gasteiger partial charge on any atom is -0.457 e. The van der Waals surface area contributed by atoms with Crippen LogP contribution in [-0.2, 0) is 16.0 Å². The summed E-state index contributed by atoms with van der Waals surface area (Å²) in [7, 11) is 0. The van der Waals surface area contributed by atoms with E-state index in [1.54, 1.807) is 24.3 Å². The highest BCUT2D eigenvalue weighted by Crippen LogP contribution is 2.10. The lowest BCUT2D eigenvalue weighted by Gasteiger charge is -2.05. The van der Waals surface area contributed by atoms with Crippen LogP contribution in [-0.4, -0.2) is 18.4 Å². The number of carbonyl (C=O) groups excluding carboxylic acids is 2. The van der Waals surface area contributed by atoms with Gasteiger partial charge in [-0.25, -0.2) is 0 Å². The van der Waals surface area contributed by atoms with Gasteiger partial charge in [-0.3, -0.25) is 9.59 Å². The number of ether oxygens (including phenoxy) is 1. The summed E-state index contributed by atoms with van der Waals surface area (Å²) in [6.45, 7) is -0.241. The Bertz CT molecular complexity index is 606. The first kappa shape index (κ1) is 15.3. The Labute approximate surface area is 128 Å². The molecule has 2 aromatic rings. The van der Waals surface area contributed by atoms with E-state index in [-0.39, 0.29) is 24.8 Å². The second-order valence-electron chi connectivity index (χ2n) is 4.58. The maximum Gasteiger partial charge on any atom is 0.306 e. The van der Waals surface area contributed by atoms with Gasteiger partial charge in [-0.2, -0.15) is 0 Å². The fraction of sp³-hybridized carbons (Fsp3) is 0.176. The minimum absolute atomic E-state index is 0.236. The molecule has 0 radical (unpaired) electrons. The molecule has 0 fully saturated rings. The summed E-state index contributed by atoms with van der Waals surface area (Å²) in [4.78, 5) is 23.4. The zero-order valence-electron chi connectivity index (χ0n) is 11.4. The Morgan fingerprint density at radius 2 is 1.62 bits per heavy atom. The van der Waals surface area contributed by atoms with Gasteiger partial charge >= 0.3 is 5.97 Å². The summed E-state index contributed by atoms with van der Waals surface area (Å²) in [6, 6.07) is 16.2. The highest BCUT2D eigenvalue weighted by Gasteiger charge is 2.10. The fourth-order valence-corrected chi connectivity index (χ4v) is 1.95. The van der Waals surface area contributed by atoms with E-state index >= 15 is 0 Å². The van der Waals surface area contributed by atoms with E-state index < -0.39 is 0 Å². The highest BCUT2D eigenvalue weighted by molar-refractivity contribution is 6.30. The number of carbonyl (C=O) groups is 2. The molecule has 0 amide bonds. The van der Waals surface area contributed by atoms with Crippen molar-refractivity contribution in [1.29, 1.82) is 0 Å². The van der Waals surface area contributed by atoms with Gasteiger partial charge in [0.2, 0.25) is 0 Å². The van der Waals surface area contributed by atoms with Gasteiger partial charge < -0.3 is 4.74 Å². The number of Topliss-reactive ketones (excluding diaryl/α,β-unsaturated/α-hetero) is 1. The van der Waals surface area contributed by atoms with Crippen LogP contribution in [0.3, 0.4) is 0 Å². The third-order valence-corrected chi connectivity index (χ3v) is 3.24. The first-order valence-electron chi connectivity index (χ1n) is 6.63. The Balaban J connectivity index is 1.76. The standard InChI is InChI=1S/C17H15ClO3/c18-15-9-7-14(8-10-15)16(19)12-21-17(20)11-6-13-4-2-1-3-5-13/h1-5,7-10H,6,11-12H2. The van der Waals surface area contributed by atoms with Gasteiger partial charge in [0.1, 0.15) is 0 Å². The van der Waals surface area contributed by atoms with Crippen LogP contribution in [0.25, 0.3) is 0 Å². The molecule has 0 spiro atoms. The van der Waals surface area contributed by atoms with E-state index in [4.69, 9.17) is 16.3 Å². The number of hydrogen-bond acceptors (Lipinski definition) is 3. The SMILES string of the molecule is O=C(CCc1ccccc1)OCC(=O)c1ccc(Cl)cc1. The molecule has 0 N–H and O–H groups in total. The number of hydrogen-bond donors (Lipinski definition) is 0. The van der Waals surface area contributed by atoms with Gasteiger partial charge in [0.05, 0.1) is 0 Å². The normalized spacial score (nSPS) is 10.1. The lowest BCUT2D eigenvalue weighted by Crippen LogP contribution is -2.14. The Morgan fingerprint density at radius 3 is 2.29 bits per heavy atom. The molecule has 0 aliphatic carbocycles. The van der Waals surface area contributed by atoms with E-state index in [1.165, 1.54) is 0 Å². The number of ketones is 1. The van der Waals surface area contributed by atoms with Gasteiger partial charge in [-0.1, -0.05) is 41.9 Å². The van der Waals surface area contributed by atoms with Crippen molar-refractivity contribution in [2.45, 2.75) is 12.8 Å². The molecule has 0 saturated carbocycles. The van der Waals surface area contributed by atoms with Crippen molar-refractivity contribution in [3.63, 3.8) is 0 Å². The largest absolute Gasteiger partial charge is 0.457 e. The minimum atomic E-state index is -0.374. The van der Waals surface area contributed by atoms with Gasteiger partial charge in [0, 0.05) is 17.0 Å². The maximum atomic E-state index is 11.8. The fourth-order valence-electron chi connectivity index (χ4n) is 1.83. The Morgan fingerprint density at radius 1 is 0.952 bits per heavy atom. The van der Waals surface area contributed by atoms with E-state index in [9.17, 15) is 9.59 Å². The topological polar surface area (TPSA) is 43.4 Å². The molecule has 0 aliphatic heterocycles. The zero-order valence-corrected chi connectivity index (χ0v) is 12.2. The van der Waals surface area contributed by atoms with E-state index in [0.29, 0.717) is 17.0 Å². The smallest absolute Gasteiger partial charge is 0.306 e. The van der Waals surface area contributed by atoms with Crippen LogP contribution in [0.2, 0.25) is 5.02 Å². The monoisotopic (exact) mass is 302 g/mol. The lowest BCUT2D eigenvalue weighted by atomic mass is 10.1. The van der Waals surface area contributed by atoms with Gasteiger partial charge in [-0.15, -0.1) is 0 Å². The molecule has 0 aromatic heterocycles. The van der Waals surface area contributed by atoms with E-state index in [1.807, 2.05) is 30.3 Å². The summed E-state index contributed by atoms with van der Waals surface area (Å²) in [5.41, 5.74) is 1.55. The molecule has 0 aliphatic rings. The van der Waals surface area contributed by atoms with Crippen LogP contribution in [0.4, 0.5) is 0 Å². The van der Waals surface area contributed by atoms with Crippen LogP contribution in [0.1, 0.15) is 22.3 Å². The average molecular weight is 303 g/mol. The number of benzene rings is 2.